The van der Waals surface area contributed by atoms with E-state index >= 15 is 0 Å². The average molecular weight is 287 g/mol. The minimum absolute atomic E-state index is 0.238. The van der Waals surface area contributed by atoms with Crippen LogP contribution in [0.1, 0.15) is 70.9 Å². The fourth-order valence-electron chi connectivity index (χ4n) is 3.90. The molecule has 1 nitrogen and oxygen atoms in total. The van der Waals surface area contributed by atoms with Gasteiger partial charge in [0.2, 0.25) is 0 Å². The van der Waals surface area contributed by atoms with Crippen molar-refractivity contribution in [3.8, 4) is 0 Å². The summed E-state index contributed by atoms with van der Waals surface area (Å²) in [6.07, 6.45) is 7.86. The fourth-order valence-corrected chi connectivity index (χ4v) is 3.90. The van der Waals surface area contributed by atoms with Gasteiger partial charge in [-0.3, -0.25) is 0 Å². The molecule has 1 fully saturated rings. The second kappa shape index (κ2) is 6.52. The van der Waals surface area contributed by atoms with Gasteiger partial charge in [0.1, 0.15) is 0 Å². The summed E-state index contributed by atoms with van der Waals surface area (Å²) in [4.78, 5) is 0. The van der Waals surface area contributed by atoms with Gasteiger partial charge in [-0.15, -0.1) is 0 Å². The lowest BCUT2D eigenvalue weighted by Gasteiger charge is -2.40. The molecular weight excluding hydrogens is 254 g/mol. The lowest BCUT2D eigenvalue weighted by molar-refractivity contribution is 0.142. The number of rotatable bonds is 4. The number of nitrogens with two attached hydrogens (primary N) is 1. The van der Waals surface area contributed by atoms with E-state index in [1.165, 1.54) is 43.2 Å². The zero-order valence-electron chi connectivity index (χ0n) is 14.4. The van der Waals surface area contributed by atoms with Gasteiger partial charge in [-0.2, -0.15) is 0 Å². The van der Waals surface area contributed by atoms with Crippen molar-refractivity contribution in [1.82, 2.24) is 0 Å². The predicted octanol–water partition coefficient (Wildman–Crippen LogP) is 5.07. The van der Waals surface area contributed by atoms with Crippen molar-refractivity contribution in [2.45, 2.75) is 71.6 Å². The molecule has 0 heterocycles. The van der Waals surface area contributed by atoms with Crippen LogP contribution >= 0.6 is 0 Å². The highest BCUT2D eigenvalue weighted by Gasteiger charge is 2.34. The topological polar surface area (TPSA) is 26.0 Å². The second-order valence-corrected chi connectivity index (χ2v) is 8.20. The molecule has 0 bridgehead atoms. The maximum absolute atomic E-state index is 6.20. The molecule has 0 aromatic heterocycles. The number of hydrogen-bond acceptors (Lipinski definition) is 1. The number of hydrogen-bond donors (Lipinski definition) is 1. The first kappa shape index (κ1) is 16.5. The third kappa shape index (κ3) is 4.10. The molecule has 0 aliphatic heterocycles. The first-order valence-corrected chi connectivity index (χ1v) is 8.68. The summed E-state index contributed by atoms with van der Waals surface area (Å²) >= 11 is 0. The van der Waals surface area contributed by atoms with Crippen molar-refractivity contribution in [2.24, 2.45) is 17.1 Å². The Morgan fingerprint density at radius 2 is 1.86 bits per heavy atom. The number of benzene rings is 1. The van der Waals surface area contributed by atoms with E-state index in [0.29, 0.717) is 5.41 Å². The van der Waals surface area contributed by atoms with E-state index in [0.717, 1.165) is 18.9 Å². The van der Waals surface area contributed by atoms with E-state index in [4.69, 9.17) is 5.73 Å². The van der Waals surface area contributed by atoms with Crippen LogP contribution in [0.5, 0.6) is 0 Å². The minimum Gasteiger partial charge on any atom is -0.330 e. The van der Waals surface area contributed by atoms with E-state index in [1.807, 2.05) is 0 Å². The molecule has 1 aromatic carbocycles. The summed E-state index contributed by atoms with van der Waals surface area (Å²) in [7, 11) is 0. The van der Waals surface area contributed by atoms with Gasteiger partial charge in [0, 0.05) is 0 Å². The molecule has 2 rings (SSSR count). The predicted molar refractivity (Wildman–Crippen MR) is 92.6 cm³/mol. The quantitative estimate of drug-likeness (QED) is 0.822. The zero-order valence-corrected chi connectivity index (χ0v) is 14.4. The van der Waals surface area contributed by atoms with Gasteiger partial charge in [0.25, 0.3) is 0 Å². The molecule has 1 aromatic rings. The molecule has 1 saturated carbocycles. The van der Waals surface area contributed by atoms with Crippen LogP contribution in [0, 0.1) is 11.3 Å². The Morgan fingerprint density at radius 3 is 2.38 bits per heavy atom. The molecule has 118 valence electrons. The van der Waals surface area contributed by atoms with Crippen LogP contribution in [0.2, 0.25) is 0 Å². The summed E-state index contributed by atoms with van der Waals surface area (Å²) in [6, 6.07) is 9.26. The third-order valence-corrected chi connectivity index (χ3v) is 5.45. The van der Waals surface area contributed by atoms with Crippen molar-refractivity contribution in [3.05, 3.63) is 35.4 Å². The van der Waals surface area contributed by atoms with Gasteiger partial charge in [-0.1, -0.05) is 71.2 Å². The van der Waals surface area contributed by atoms with Crippen molar-refractivity contribution in [1.29, 1.82) is 0 Å². The Morgan fingerprint density at radius 1 is 1.19 bits per heavy atom. The van der Waals surface area contributed by atoms with E-state index in [1.54, 1.807) is 0 Å². The minimum atomic E-state index is 0.238. The smallest absolute Gasteiger partial charge is 0.00172 e. The molecule has 1 aliphatic carbocycles. The zero-order chi connectivity index (χ0) is 15.5. The molecule has 1 heteroatoms. The van der Waals surface area contributed by atoms with Crippen molar-refractivity contribution >= 4 is 0 Å². The van der Waals surface area contributed by atoms with Crippen molar-refractivity contribution < 1.29 is 0 Å². The van der Waals surface area contributed by atoms with Gasteiger partial charge >= 0.3 is 0 Å². The van der Waals surface area contributed by atoms with Gasteiger partial charge < -0.3 is 5.73 Å². The third-order valence-electron chi connectivity index (χ3n) is 5.45. The molecule has 0 radical (unpaired) electrons. The summed E-state index contributed by atoms with van der Waals surface area (Å²) in [5, 5.41) is 0. The molecule has 1 aliphatic rings. The molecular formula is C20H33N. The highest BCUT2D eigenvalue weighted by Crippen LogP contribution is 2.42. The van der Waals surface area contributed by atoms with Gasteiger partial charge in [0.15, 0.2) is 0 Å². The summed E-state index contributed by atoms with van der Waals surface area (Å²) in [6.45, 7) is 9.99. The summed E-state index contributed by atoms with van der Waals surface area (Å²) in [5.74, 6) is 0.885. The first-order valence-electron chi connectivity index (χ1n) is 8.68. The van der Waals surface area contributed by atoms with Crippen LogP contribution in [0.15, 0.2) is 24.3 Å². The molecule has 0 saturated heterocycles. The van der Waals surface area contributed by atoms with Crippen LogP contribution in [0.3, 0.4) is 0 Å². The maximum atomic E-state index is 6.20. The molecule has 2 unspecified atom stereocenters. The first-order chi connectivity index (χ1) is 9.88. The second-order valence-electron chi connectivity index (χ2n) is 8.20. The average Bonchev–Trinajstić information content (AvgIpc) is 2.47. The maximum Gasteiger partial charge on any atom is -0.00172 e. The van der Waals surface area contributed by atoms with E-state index in [-0.39, 0.29) is 5.41 Å². The normalized spacial score (nSPS) is 26.8. The van der Waals surface area contributed by atoms with Crippen LogP contribution in [-0.2, 0) is 11.8 Å². The van der Waals surface area contributed by atoms with Gasteiger partial charge in [-0.05, 0) is 53.7 Å². The Kier molecular flexibility index (Phi) is 5.14. The van der Waals surface area contributed by atoms with Crippen molar-refractivity contribution in [2.75, 3.05) is 6.54 Å². The lowest BCUT2D eigenvalue weighted by Crippen LogP contribution is -2.37. The van der Waals surface area contributed by atoms with E-state index in [2.05, 4.69) is 52.0 Å². The lowest BCUT2D eigenvalue weighted by atomic mass is 9.66. The Balaban J connectivity index is 2.11. The van der Waals surface area contributed by atoms with Gasteiger partial charge in [0.05, 0.1) is 0 Å². The van der Waals surface area contributed by atoms with Gasteiger partial charge in [-0.25, -0.2) is 0 Å². The molecule has 0 spiro atoms. The van der Waals surface area contributed by atoms with Crippen LogP contribution in [0.25, 0.3) is 0 Å². The standard InChI is InChI=1S/C20H33N/c1-5-16-7-6-12-20(13-16,15-21)14-17-8-10-18(11-9-17)19(2,3)4/h8-11,16H,5-7,12-15,21H2,1-4H3. The van der Waals surface area contributed by atoms with E-state index in [9.17, 15) is 0 Å². The summed E-state index contributed by atoms with van der Waals surface area (Å²) < 4.78 is 0. The molecule has 2 atom stereocenters. The SMILES string of the molecule is CCC1CCCC(CN)(Cc2ccc(C(C)(C)C)cc2)C1. The molecule has 21 heavy (non-hydrogen) atoms. The fraction of sp³-hybridized carbons (Fsp3) is 0.700. The highest BCUT2D eigenvalue weighted by molar-refractivity contribution is 5.28. The molecule has 0 amide bonds. The Bertz CT molecular complexity index is 440. The highest BCUT2D eigenvalue weighted by atomic mass is 14.6. The largest absolute Gasteiger partial charge is 0.330 e. The van der Waals surface area contributed by atoms with E-state index < -0.39 is 0 Å². The molecule has 2 N–H and O–H groups in total. The van der Waals surface area contributed by atoms with Crippen LogP contribution in [0.4, 0.5) is 0 Å². The van der Waals surface area contributed by atoms with Crippen molar-refractivity contribution in [3.63, 3.8) is 0 Å². The van der Waals surface area contributed by atoms with Crippen LogP contribution in [-0.4, -0.2) is 6.54 Å². The Labute approximate surface area is 131 Å². The summed E-state index contributed by atoms with van der Waals surface area (Å²) in [5.41, 5.74) is 9.67. The Hall–Kier alpha value is -0.820. The van der Waals surface area contributed by atoms with Crippen LogP contribution < -0.4 is 5.73 Å². The monoisotopic (exact) mass is 287 g/mol.